The molecule has 7 nitrogen and oxygen atoms in total. The zero-order chi connectivity index (χ0) is 24.6. The number of primary amides is 1. The van der Waals surface area contributed by atoms with Crippen molar-refractivity contribution in [2.75, 3.05) is 6.26 Å². The van der Waals surface area contributed by atoms with Gasteiger partial charge < -0.3 is 5.73 Å². The number of carbonyl (C=O) groups excluding carboxylic acids is 2. The lowest BCUT2D eigenvalue weighted by atomic mass is 9.86. The molecule has 3 N–H and O–H groups in total. The van der Waals surface area contributed by atoms with Crippen LogP contribution < -0.4 is 10.5 Å². The fourth-order valence-electron chi connectivity index (χ4n) is 4.68. The first-order valence-corrected chi connectivity index (χ1v) is 15.0. The second-order valence-electron chi connectivity index (χ2n) is 8.95. The highest BCUT2D eigenvalue weighted by Gasteiger charge is 2.38. The third-order valence-corrected chi connectivity index (χ3v) is 8.90. The Morgan fingerprint density at radius 3 is 2.56 bits per heavy atom. The molecule has 2 amide bonds. The number of thiophene rings is 1. The van der Waals surface area contributed by atoms with Crippen LogP contribution in [0.4, 0.5) is 0 Å². The minimum Gasteiger partial charge on any atom is -0.365 e. The standard InChI is InChI=1S/C15H25NO3S.C9H8N2OS2/c1-20(18,19)16-15(17)7-5-3-2-4-6-13-10-12-8-9-14(13)11-12;10-9(12)7-3-4-8(13-7)14-11-5-1-2-6-11/h2,4,12-14H,3,5-11H2,1H3,(H,16,17);1-6H,(H2,10,12)/b4-2-;. The average Bonchev–Trinajstić information content (AvgIpc) is 3.55. The molecule has 0 spiro atoms. The van der Waals surface area contributed by atoms with E-state index in [1.54, 1.807) is 18.0 Å². The summed E-state index contributed by atoms with van der Waals surface area (Å²) < 4.78 is 26.7. The highest BCUT2D eigenvalue weighted by Crippen LogP contribution is 2.49. The molecule has 0 aromatic carbocycles. The summed E-state index contributed by atoms with van der Waals surface area (Å²) in [6.07, 6.45) is 18.0. The molecule has 10 heteroatoms. The first-order valence-electron chi connectivity index (χ1n) is 11.6. The average molecular weight is 524 g/mol. The van der Waals surface area contributed by atoms with Crippen molar-refractivity contribution in [1.29, 1.82) is 0 Å². The lowest BCUT2D eigenvalue weighted by Gasteiger charge is -2.19. The highest BCUT2D eigenvalue weighted by molar-refractivity contribution is 7.99. The lowest BCUT2D eigenvalue weighted by molar-refractivity contribution is -0.119. The molecule has 2 bridgehead atoms. The molecule has 3 unspecified atom stereocenters. The molecular formula is C24H33N3O4S3. The summed E-state index contributed by atoms with van der Waals surface area (Å²) in [5, 5.41) is 0. The first kappa shape index (κ1) is 26.6. The summed E-state index contributed by atoms with van der Waals surface area (Å²) in [5.41, 5.74) is 5.16. The van der Waals surface area contributed by atoms with Gasteiger partial charge in [0.05, 0.1) is 15.3 Å². The van der Waals surface area contributed by atoms with Gasteiger partial charge in [0.15, 0.2) is 0 Å². The summed E-state index contributed by atoms with van der Waals surface area (Å²) in [6.45, 7) is 0. The van der Waals surface area contributed by atoms with Gasteiger partial charge in [-0.05, 0) is 80.5 Å². The Morgan fingerprint density at radius 1 is 1.21 bits per heavy atom. The SMILES string of the molecule is CS(=O)(=O)NC(=O)CCC/C=C\CC1CC2CCC1C2.NC(=O)c1ccc(Sn2cccc2)s1. The Morgan fingerprint density at radius 2 is 1.97 bits per heavy atom. The molecular weight excluding hydrogens is 490 g/mol. The first-order chi connectivity index (χ1) is 16.2. The summed E-state index contributed by atoms with van der Waals surface area (Å²) >= 11 is 2.97. The third kappa shape index (κ3) is 8.96. The number of hydrogen-bond donors (Lipinski definition) is 2. The number of nitrogens with zero attached hydrogens (tertiary/aromatic N) is 1. The number of aromatic nitrogens is 1. The predicted octanol–water partition coefficient (Wildman–Crippen LogP) is 4.82. The monoisotopic (exact) mass is 523 g/mol. The largest absolute Gasteiger partial charge is 0.365 e. The van der Waals surface area contributed by atoms with Gasteiger partial charge in [-0.1, -0.05) is 18.6 Å². The minimum absolute atomic E-state index is 0.269. The van der Waals surface area contributed by atoms with Crippen LogP contribution in [0.15, 0.2) is 53.0 Å². The number of allylic oxidation sites excluding steroid dienone is 2. The molecule has 2 aromatic rings. The Bertz CT molecular complexity index is 1080. The second-order valence-corrected chi connectivity index (χ2v) is 13.1. The number of hydrogen-bond acceptors (Lipinski definition) is 6. The number of nitrogens with two attached hydrogens (primary N) is 1. The van der Waals surface area contributed by atoms with Crippen LogP contribution in [0.3, 0.4) is 0 Å². The smallest absolute Gasteiger partial charge is 0.258 e. The Hall–Kier alpha value is -2.04. The fourth-order valence-corrected chi connectivity index (χ4v) is 7.06. The van der Waals surface area contributed by atoms with Crippen LogP contribution in [0.1, 0.15) is 61.0 Å². The summed E-state index contributed by atoms with van der Waals surface area (Å²) in [5.74, 6) is 2.07. The Balaban J connectivity index is 0.000000202. The Kier molecular flexibility index (Phi) is 9.85. The summed E-state index contributed by atoms with van der Waals surface area (Å²) in [4.78, 5) is 22.7. The van der Waals surface area contributed by atoms with Crippen LogP contribution in [-0.2, 0) is 14.8 Å². The molecule has 186 valence electrons. The van der Waals surface area contributed by atoms with Crippen molar-refractivity contribution >= 4 is 45.1 Å². The molecule has 3 atom stereocenters. The van der Waals surface area contributed by atoms with Crippen molar-refractivity contribution in [3.05, 3.63) is 53.7 Å². The molecule has 2 heterocycles. The van der Waals surface area contributed by atoms with Gasteiger partial charge in [0.25, 0.3) is 5.91 Å². The molecule has 0 radical (unpaired) electrons. The van der Waals surface area contributed by atoms with Crippen molar-refractivity contribution in [2.45, 2.75) is 55.6 Å². The Labute approximate surface area is 210 Å². The molecule has 34 heavy (non-hydrogen) atoms. The normalized spacial score (nSPS) is 21.4. The highest BCUT2D eigenvalue weighted by atomic mass is 32.2. The van der Waals surface area contributed by atoms with Crippen molar-refractivity contribution < 1.29 is 18.0 Å². The van der Waals surface area contributed by atoms with Gasteiger partial charge >= 0.3 is 0 Å². The molecule has 2 aromatic heterocycles. The molecule has 2 fully saturated rings. The lowest BCUT2D eigenvalue weighted by Crippen LogP contribution is -2.28. The molecule has 4 rings (SSSR count). The molecule has 0 aliphatic heterocycles. The zero-order valence-electron chi connectivity index (χ0n) is 19.4. The van der Waals surface area contributed by atoms with Gasteiger partial charge in [-0.25, -0.2) is 8.42 Å². The number of unbranched alkanes of at least 4 members (excludes halogenated alkanes) is 1. The van der Waals surface area contributed by atoms with Gasteiger partial charge in [-0.3, -0.25) is 18.3 Å². The number of sulfonamides is 1. The van der Waals surface area contributed by atoms with E-state index in [1.165, 1.54) is 43.4 Å². The fraction of sp³-hybridized carbons (Fsp3) is 0.500. The van der Waals surface area contributed by atoms with Gasteiger partial charge in [0.1, 0.15) is 0 Å². The number of rotatable bonds is 10. The zero-order valence-corrected chi connectivity index (χ0v) is 21.8. The number of fused-ring (bicyclic) bond motifs is 2. The topological polar surface area (TPSA) is 111 Å². The van der Waals surface area contributed by atoms with Crippen molar-refractivity contribution in [3.63, 3.8) is 0 Å². The van der Waals surface area contributed by atoms with Crippen LogP contribution in [0.2, 0.25) is 0 Å². The third-order valence-electron chi connectivity index (χ3n) is 6.16. The molecule has 0 saturated heterocycles. The van der Waals surface area contributed by atoms with E-state index in [2.05, 4.69) is 12.2 Å². The molecule has 2 aliphatic rings. The summed E-state index contributed by atoms with van der Waals surface area (Å²) in [7, 11) is -3.40. The quantitative estimate of drug-likeness (QED) is 0.343. The van der Waals surface area contributed by atoms with Crippen molar-refractivity contribution in [2.24, 2.45) is 23.5 Å². The van der Waals surface area contributed by atoms with Crippen LogP contribution in [-0.4, -0.2) is 30.5 Å². The van der Waals surface area contributed by atoms with E-state index in [4.69, 9.17) is 5.73 Å². The summed E-state index contributed by atoms with van der Waals surface area (Å²) in [6, 6.07) is 7.56. The number of carbonyl (C=O) groups is 2. The van der Waals surface area contributed by atoms with Crippen LogP contribution >= 0.6 is 23.3 Å². The van der Waals surface area contributed by atoms with E-state index < -0.39 is 15.9 Å². The van der Waals surface area contributed by atoms with Crippen molar-refractivity contribution in [3.8, 4) is 0 Å². The number of amides is 2. The van der Waals surface area contributed by atoms with E-state index in [0.717, 1.165) is 34.6 Å². The van der Waals surface area contributed by atoms with Gasteiger partial charge in [-0.2, -0.15) is 0 Å². The van der Waals surface area contributed by atoms with E-state index >= 15 is 0 Å². The maximum atomic E-state index is 11.3. The van der Waals surface area contributed by atoms with E-state index in [9.17, 15) is 18.0 Å². The van der Waals surface area contributed by atoms with E-state index in [-0.39, 0.29) is 12.3 Å². The van der Waals surface area contributed by atoms with Crippen LogP contribution in [0.25, 0.3) is 0 Å². The molecule has 2 saturated carbocycles. The van der Waals surface area contributed by atoms with Gasteiger partial charge in [0, 0.05) is 30.8 Å². The van der Waals surface area contributed by atoms with Crippen LogP contribution in [0.5, 0.6) is 0 Å². The van der Waals surface area contributed by atoms with Crippen molar-refractivity contribution in [1.82, 2.24) is 8.69 Å². The predicted molar refractivity (Wildman–Crippen MR) is 138 cm³/mol. The van der Waals surface area contributed by atoms with Crippen LogP contribution in [0, 0.1) is 17.8 Å². The van der Waals surface area contributed by atoms with E-state index in [1.807, 2.05) is 39.3 Å². The van der Waals surface area contributed by atoms with Gasteiger partial charge in [0.2, 0.25) is 15.9 Å². The second kappa shape index (κ2) is 12.6. The maximum absolute atomic E-state index is 11.3. The maximum Gasteiger partial charge on any atom is 0.258 e. The van der Waals surface area contributed by atoms with E-state index in [0.29, 0.717) is 11.3 Å². The number of nitrogens with one attached hydrogen (secondary N) is 1. The minimum atomic E-state index is -3.40. The van der Waals surface area contributed by atoms with Gasteiger partial charge in [-0.15, -0.1) is 11.3 Å². The molecule has 2 aliphatic carbocycles.